The van der Waals surface area contributed by atoms with Crippen LogP contribution in [0.2, 0.25) is 0 Å². The van der Waals surface area contributed by atoms with Gasteiger partial charge in [0.05, 0.1) is 18.8 Å². The van der Waals surface area contributed by atoms with Gasteiger partial charge >= 0.3 is 5.97 Å². The minimum Gasteiger partial charge on any atom is -0.481 e. The number of carboxylic acid groups (broad SMARTS) is 1. The summed E-state index contributed by atoms with van der Waals surface area (Å²) in [5.74, 6) is 2.93. The molecule has 0 aromatic heterocycles. The quantitative estimate of drug-likeness (QED) is 0.255. The number of hydrogen-bond donors (Lipinski definition) is 4. The summed E-state index contributed by atoms with van der Waals surface area (Å²) in [6, 6.07) is 0. The topological polar surface area (TPSA) is 122 Å². The Morgan fingerprint density at radius 1 is 1.39 bits per heavy atom. The molecule has 0 aliphatic rings. The van der Waals surface area contributed by atoms with E-state index < -0.39 is 23.9 Å². The molecule has 7 nitrogen and oxygen atoms in total. The van der Waals surface area contributed by atoms with Gasteiger partial charge in [0.2, 0.25) is 5.91 Å². The van der Waals surface area contributed by atoms with Crippen LogP contribution in [0.3, 0.4) is 0 Å². The van der Waals surface area contributed by atoms with Crippen LogP contribution in [0, 0.1) is 5.92 Å². The maximum Gasteiger partial charge on any atom is 0.303 e. The van der Waals surface area contributed by atoms with Crippen LogP contribution in [0.1, 0.15) is 33.1 Å². The fourth-order valence-corrected chi connectivity index (χ4v) is 1.47. The number of aliphatic carboxylic acids is 1. The SMILES string of the molecule is CC(C)OC[C@@H](O)C[C@H](CCC(=O)O)C(=O)NN. The Morgan fingerprint density at radius 2 is 2.00 bits per heavy atom. The van der Waals surface area contributed by atoms with Crippen LogP contribution in [0.15, 0.2) is 0 Å². The number of aliphatic hydroxyl groups is 1. The summed E-state index contributed by atoms with van der Waals surface area (Å²) in [5, 5.41) is 18.3. The van der Waals surface area contributed by atoms with Crippen LogP contribution in [-0.2, 0) is 14.3 Å². The highest BCUT2D eigenvalue weighted by atomic mass is 16.5. The molecule has 0 aliphatic heterocycles. The summed E-state index contributed by atoms with van der Waals surface area (Å²) < 4.78 is 5.21. The summed E-state index contributed by atoms with van der Waals surface area (Å²) in [5.41, 5.74) is 1.98. The highest BCUT2D eigenvalue weighted by molar-refractivity contribution is 5.78. The molecule has 7 heteroatoms. The van der Waals surface area contributed by atoms with Gasteiger partial charge in [-0.25, -0.2) is 5.84 Å². The smallest absolute Gasteiger partial charge is 0.303 e. The lowest BCUT2D eigenvalue weighted by Crippen LogP contribution is -2.38. The first-order chi connectivity index (χ1) is 8.36. The second-order valence-electron chi connectivity index (χ2n) is 4.41. The number of rotatable bonds is 9. The van der Waals surface area contributed by atoms with Crippen LogP contribution in [0.25, 0.3) is 0 Å². The van der Waals surface area contributed by atoms with Gasteiger partial charge in [-0.3, -0.25) is 15.0 Å². The van der Waals surface area contributed by atoms with Crippen LogP contribution >= 0.6 is 0 Å². The van der Waals surface area contributed by atoms with E-state index in [1.165, 1.54) is 0 Å². The second kappa shape index (κ2) is 8.84. The zero-order chi connectivity index (χ0) is 14.1. The van der Waals surface area contributed by atoms with E-state index >= 15 is 0 Å². The standard InChI is InChI=1S/C11H22N2O5/c1-7(2)18-6-9(14)5-8(11(17)13-12)3-4-10(15)16/h7-9,14H,3-6,12H2,1-2H3,(H,13,17)(H,15,16)/t8-,9-/m0/s1. The number of ether oxygens (including phenoxy) is 1. The van der Waals surface area contributed by atoms with Crippen molar-refractivity contribution >= 4 is 11.9 Å². The summed E-state index contributed by atoms with van der Waals surface area (Å²) in [6.45, 7) is 3.78. The molecule has 0 saturated carbocycles. The van der Waals surface area contributed by atoms with Crippen LogP contribution in [-0.4, -0.2) is 40.9 Å². The van der Waals surface area contributed by atoms with Crippen molar-refractivity contribution in [1.82, 2.24) is 5.43 Å². The maximum atomic E-state index is 11.4. The van der Waals surface area contributed by atoms with E-state index in [0.717, 1.165) is 0 Å². The molecular formula is C11H22N2O5. The van der Waals surface area contributed by atoms with Gasteiger partial charge in [0.1, 0.15) is 0 Å². The van der Waals surface area contributed by atoms with Gasteiger partial charge in [0.15, 0.2) is 0 Å². The van der Waals surface area contributed by atoms with Gasteiger partial charge in [-0.1, -0.05) is 0 Å². The van der Waals surface area contributed by atoms with E-state index in [-0.39, 0.29) is 32.0 Å². The van der Waals surface area contributed by atoms with Crippen molar-refractivity contribution in [1.29, 1.82) is 0 Å². The molecule has 1 amide bonds. The Hall–Kier alpha value is -1.18. The zero-order valence-corrected chi connectivity index (χ0v) is 10.8. The number of hydrazine groups is 1. The number of amides is 1. The third-order valence-corrected chi connectivity index (χ3v) is 2.40. The maximum absolute atomic E-state index is 11.4. The van der Waals surface area contributed by atoms with Gasteiger partial charge in [0, 0.05) is 12.3 Å². The van der Waals surface area contributed by atoms with Gasteiger partial charge in [-0.2, -0.15) is 0 Å². The van der Waals surface area contributed by atoms with Crippen molar-refractivity contribution in [2.24, 2.45) is 11.8 Å². The third-order valence-electron chi connectivity index (χ3n) is 2.40. The molecule has 0 heterocycles. The van der Waals surface area contributed by atoms with E-state index in [1.54, 1.807) is 0 Å². The third kappa shape index (κ3) is 7.99. The van der Waals surface area contributed by atoms with E-state index in [2.05, 4.69) is 0 Å². The second-order valence-corrected chi connectivity index (χ2v) is 4.41. The number of aliphatic hydroxyl groups excluding tert-OH is 1. The van der Waals surface area contributed by atoms with E-state index in [0.29, 0.717) is 0 Å². The lowest BCUT2D eigenvalue weighted by Gasteiger charge is -2.19. The molecule has 0 saturated heterocycles. The Morgan fingerprint density at radius 3 is 2.44 bits per heavy atom. The Kier molecular flexibility index (Phi) is 8.27. The van der Waals surface area contributed by atoms with E-state index in [1.807, 2.05) is 19.3 Å². The minimum atomic E-state index is -0.988. The predicted octanol–water partition coefficient (Wildman–Crippen LogP) is -0.367. The van der Waals surface area contributed by atoms with Crippen molar-refractivity contribution in [3.63, 3.8) is 0 Å². The van der Waals surface area contributed by atoms with E-state index in [4.69, 9.17) is 15.7 Å². The van der Waals surface area contributed by atoms with Crippen LogP contribution < -0.4 is 11.3 Å². The molecule has 0 spiro atoms. The molecular weight excluding hydrogens is 240 g/mol. The van der Waals surface area contributed by atoms with E-state index in [9.17, 15) is 14.7 Å². The van der Waals surface area contributed by atoms with Crippen molar-refractivity contribution in [2.75, 3.05) is 6.61 Å². The number of carbonyl (C=O) groups excluding carboxylic acids is 1. The number of nitrogens with one attached hydrogen (secondary N) is 1. The Balaban J connectivity index is 4.21. The van der Waals surface area contributed by atoms with Gasteiger partial charge in [-0.05, 0) is 26.7 Å². The normalized spacial score (nSPS) is 14.3. The molecule has 0 bridgehead atoms. The summed E-state index contributed by atoms with van der Waals surface area (Å²) in [7, 11) is 0. The number of nitrogens with two attached hydrogens (primary N) is 1. The summed E-state index contributed by atoms with van der Waals surface area (Å²) >= 11 is 0. The fraction of sp³-hybridized carbons (Fsp3) is 0.818. The van der Waals surface area contributed by atoms with Crippen molar-refractivity contribution in [3.8, 4) is 0 Å². The lowest BCUT2D eigenvalue weighted by atomic mass is 9.95. The van der Waals surface area contributed by atoms with Gasteiger partial charge in [-0.15, -0.1) is 0 Å². The largest absolute Gasteiger partial charge is 0.481 e. The molecule has 0 fully saturated rings. The Labute approximate surface area is 106 Å². The average Bonchev–Trinajstić information content (AvgIpc) is 2.30. The summed E-state index contributed by atoms with van der Waals surface area (Å²) in [4.78, 5) is 21.9. The monoisotopic (exact) mass is 262 g/mol. The molecule has 5 N–H and O–H groups in total. The number of hydrogen-bond acceptors (Lipinski definition) is 5. The average molecular weight is 262 g/mol. The highest BCUT2D eigenvalue weighted by Gasteiger charge is 2.22. The molecule has 0 aliphatic carbocycles. The molecule has 0 radical (unpaired) electrons. The molecule has 0 aromatic rings. The first-order valence-corrected chi connectivity index (χ1v) is 5.88. The van der Waals surface area contributed by atoms with Gasteiger partial charge < -0.3 is 14.9 Å². The van der Waals surface area contributed by atoms with Crippen LogP contribution in [0.4, 0.5) is 0 Å². The summed E-state index contributed by atoms with van der Waals surface area (Å²) in [6.07, 6.45) is -0.709. The zero-order valence-electron chi connectivity index (χ0n) is 10.8. The first kappa shape index (κ1) is 16.8. The molecule has 106 valence electrons. The first-order valence-electron chi connectivity index (χ1n) is 5.88. The van der Waals surface area contributed by atoms with Crippen molar-refractivity contribution < 1.29 is 24.5 Å². The molecule has 0 unspecified atom stereocenters. The van der Waals surface area contributed by atoms with Crippen molar-refractivity contribution in [2.45, 2.75) is 45.3 Å². The lowest BCUT2D eigenvalue weighted by molar-refractivity contribution is -0.137. The molecule has 18 heavy (non-hydrogen) atoms. The van der Waals surface area contributed by atoms with Crippen LogP contribution in [0.5, 0.6) is 0 Å². The number of carboxylic acids is 1. The minimum absolute atomic E-state index is 0.0135. The van der Waals surface area contributed by atoms with Crippen molar-refractivity contribution in [3.05, 3.63) is 0 Å². The Bertz CT molecular complexity index is 270. The fourth-order valence-electron chi connectivity index (χ4n) is 1.47. The van der Waals surface area contributed by atoms with Gasteiger partial charge in [0.25, 0.3) is 0 Å². The number of carbonyl (C=O) groups is 2. The highest BCUT2D eigenvalue weighted by Crippen LogP contribution is 2.14. The molecule has 0 aromatic carbocycles. The molecule has 0 rings (SSSR count). The predicted molar refractivity (Wildman–Crippen MR) is 64.4 cm³/mol. The molecule has 2 atom stereocenters.